The van der Waals surface area contributed by atoms with Crippen LogP contribution in [0.3, 0.4) is 0 Å². The molecule has 3 aromatic rings. The standard InChI is InChI=1S/C15H15N5O/c1-21-14-8-12(7-13(16)9-14)15-17-18-19-20(15)10-11-5-3-2-4-6-11/h2-9H,10,16H2,1H3. The molecule has 0 aliphatic heterocycles. The molecule has 0 radical (unpaired) electrons. The lowest BCUT2D eigenvalue weighted by Gasteiger charge is -2.07. The molecule has 0 saturated heterocycles. The highest BCUT2D eigenvalue weighted by Gasteiger charge is 2.11. The van der Waals surface area contributed by atoms with Crippen LogP contribution >= 0.6 is 0 Å². The molecule has 0 aliphatic carbocycles. The summed E-state index contributed by atoms with van der Waals surface area (Å²) in [7, 11) is 1.60. The maximum absolute atomic E-state index is 5.89. The van der Waals surface area contributed by atoms with Crippen molar-refractivity contribution in [3.05, 3.63) is 54.1 Å². The molecule has 1 heterocycles. The minimum Gasteiger partial charge on any atom is -0.497 e. The molecule has 21 heavy (non-hydrogen) atoms. The molecule has 0 saturated carbocycles. The fourth-order valence-corrected chi connectivity index (χ4v) is 2.14. The molecule has 6 heteroatoms. The van der Waals surface area contributed by atoms with Crippen LogP contribution < -0.4 is 10.5 Å². The van der Waals surface area contributed by atoms with Crippen LogP contribution in [0.1, 0.15) is 5.56 Å². The molecular weight excluding hydrogens is 266 g/mol. The Morgan fingerprint density at radius 2 is 1.95 bits per heavy atom. The third kappa shape index (κ3) is 2.84. The van der Waals surface area contributed by atoms with Crippen molar-refractivity contribution in [3.63, 3.8) is 0 Å². The van der Waals surface area contributed by atoms with E-state index in [1.807, 2.05) is 42.5 Å². The summed E-state index contributed by atoms with van der Waals surface area (Å²) in [6, 6.07) is 15.5. The van der Waals surface area contributed by atoms with E-state index in [1.165, 1.54) is 0 Å². The van der Waals surface area contributed by atoms with Gasteiger partial charge in [-0.3, -0.25) is 0 Å². The molecule has 0 unspecified atom stereocenters. The molecule has 2 N–H and O–H groups in total. The zero-order valence-electron chi connectivity index (χ0n) is 11.6. The third-order valence-corrected chi connectivity index (χ3v) is 3.13. The van der Waals surface area contributed by atoms with Crippen molar-refractivity contribution in [1.29, 1.82) is 0 Å². The molecule has 0 amide bonds. The lowest BCUT2D eigenvalue weighted by molar-refractivity contribution is 0.415. The second kappa shape index (κ2) is 5.62. The highest BCUT2D eigenvalue weighted by atomic mass is 16.5. The number of methoxy groups -OCH3 is 1. The number of rotatable bonds is 4. The van der Waals surface area contributed by atoms with Gasteiger partial charge < -0.3 is 10.5 Å². The summed E-state index contributed by atoms with van der Waals surface area (Å²) in [5, 5.41) is 11.9. The first-order valence-electron chi connectivity index (χ1n) is 6.51. The molecule has 3 rings (SSSR count). The van der Waals surface area contributed by atoms with Crippen molar-refractivity contribution in [2.75, 3.05) is 12.8 Å². The van der Waals surface area contributed by atoms with Gasteiger partial charge in [-0.25, -0.2) is 4.68 Å². The van der Waals surface area contributed by atoms with Gasteiger partial charge in [-0.2, -0.15) is 0 Å². The van der Waals surface area contributed by atoms with Crippen molar-refractivity contribution in [1.82, 2.24) is 20.2 Å². The van der Waals surface area contributed by atoms with Crippen molar-refractivity contribution in [2.45, 2.75) is 6.54 Å². The summed E-state index contributed by atoms with van der Waals surface area (Å²) < 4.78 is 6.97. The SMILES string of the molecule is COc1cc(N)cc(-c2nnnn2Cc2ccccc2)c1. The number of tetrazole rings is 1. The van der Waals surface area contributed by atoms with E-state index in [0.717, 1.165) is 11.1 Å². The van der Waals surface area contributed by atoms with Crippen LogP contribution in [0.5, 0.6) is 5.75 Å². The first kappa shape index (κ1) is 13.1. The second-order valence-electron chi connectivity index (χ2n) is 4.64. The van der Waals surface area contributed by atoms with Gasteiger partial charge >= 0.3 is 0 Å². The van der Waals surface area contributed by atoms with Gasteiger partial charge in [0.25, 0.3) is 0 Å². The molecule has 0 spiro atoms. The monoisotopic (exact) mass is 281 g/mol. The highest BCUT2D eigenvalue weighted by molar-refractivity contribution is 5.64. The van der Waals surface area contributed by atoms with E-state index in [4.69, 9.17) is 10.5 Å². The Morgan fingerprint density at radius 3 is 2.71 bits per heavy atom. The van der Waals surface area contributed by atoms with Gasteiger partial charge in [0.05, 0.1) is 13.7 Å². The number of nitrogen functional groups attached to an aromatic ring is 1. The van der Waals surface area contributed by atoms with Crippen LogP contribution in [0.4, 0.5) is 5.69 Å². The number of hydrogen-bond acceptors (Lipinski definition) is 5. The maximum atomic E-state index is 5.89. The van der Waals surface area contributed by atoms with Gasteiger partial charge in [0.1, 0.15) is 5.75 Å². The fraction of sp³-hybridized carbons (Fsp3) is 0.133. The number of benzene rings is 2. The zero-order chi connectivity index (χ0) is 14.7. The quantitative estimate of drug-likeness (QED) is 0.740. The molecule has 1 aromatic heterocycles. The fourth-order valence-electron chi connectivity index (χ4n) is 2.14. The zero-order valence-corrected chi connectivity index (χ0v) is 11.6. The number of nitrogens with zero attached hydrogens (tertiary/aromatic N) is 4. The summed E-state index contributed by atoms with van der Waals surface area (Å²) >= 11 is 0. The van der Waals surface area contributed by atoms with E-state index in [1.54, 1.807) is 17.9 Å². The van der Waals surface area contributed by atoms with Gasteiger partial charge in [-0.15, -0.1) is 5.10 Å². The lowest BCUT2D eigenvalue weighted by atomic mass is 10.1. The summed E-state index contributed by atoms with van der Waals surface area (Å²) in [5.74, 6) is 1.34. The topological polar surface area (TPSA) is 78.8 Å². The van der Waals surface area contributed by atoms with E-state index in [9.17, 15) is 0 Å². The Balaban J connectivity index is 1.97. The largest absolute Gasteiger partial charge is 0.497 e. The van der Waals surface area contributed by atoms with Crippen molar-refractivity contribution in [3.8, 4) is 17.1 Å². The van der Waals surface area contributed by atoms with E-state index >= 15 is 0 Å². The van der Waals surface area contributed by atoms with Crippen LogP contribution in [0.2, 0.25) is 0 Å². The molecular formula is C15H15N5O. The summed E-state index contributed by atoms with van der Waals surface area (Å²) in [6.45, 7) is 0.598. The number of hydrogen-bond donors (Lipinski definition) is 1. The molecule has 0 bridgehead atoms. The first-order chi connectivity index (χ1) is 10.3. The normalized spacial score (nSPS) is 10.5. The number of ether oxygens (including phenoxy) is 1. The summed E-state index contributed by atoms with van der Waals surface area (Å²) in [5.41, 5.74) is 8.45. The Bertz CT molecular complexity index is 739. The number of anilines is 1. The van der Waals surface area contributed by atoms with E-state index in [-0.39, 0.29) is 0 Å². The van der Waals surface area contributed by atoms with Crippen LogP contribution in [0.25, 0.3) is 11.4 Å². The second-order valence-corrected chi connectivity index (χ2v) is 4.64. The summed E-state index contributed by atoms with van der Waals surface area (Å²) in [4.78, 5) is 0. The van der Waals surface area contributed by atoms with E-state index in [2.05, 4.69) is 15.5 Å². The minimum atomic E-state index is 0.598. The van der Waals surface area contributed by atoms with Crippen LogP contribution in [-0.2, 0) is 6.54 Å². The first-order valence-corrected chi connectivity index (χ1v) is 6.51. The number of aromatic nitrogens is 4. The van der Waals surface area contributed by atoms with Gasteiger partial charge in [-0.05, 0) is 28.1 Å². The van der Waals surface area contributed by atoms with Gasteiger partial charge in [0.15, 0.2) is 5.82 Å². The smallest absolute Gasteiger partial charge is 0.182 e. The molecule has 106 valence electrons. The molecule has 2 aromatic carbocycles. The average molecular weight is 281 g/mol. The highest BCUT2D eigenvalue weighted by Crippen LogP contribution is 2.25. The predicted molar refractivity (Wildman–Crippen MR) is 79.8 cm³/mol. The molecule has 0 atom stereocenters. The van der Waals surface area contributed by atoms with E-state index < -0.39 is 0 Å². The Hall–Kier alpha value is -2.89. The maximum Gasteiger partial charge on any atom is 0.182 e. The van der Waals surface area contributed by atoms with Crippen molar-refractivity contribution < 1.29 is 4.74 Å². The van der Waals surface area contributed by atoms with Gasteiger partial charge in [-0.1, -0.05) is 30.3 Å². The van der Waals surface area contributed by atoms with E-state index in [0.29, 0.717) is 23.8 Å². The Morgan fingerprint density at radius 1 is 1.14 bits per heavy atom. The van der Waals surface area contributed by atoms with Crippen LogP contribution in [0.15, 0.2) is 48.5 Å². The van der Waals surface area contributed by atoms with Crippen LogP contribution in [-0.4, -0.2) is 27.3 Å². The molecule has 6 nitrogen and oxygen atoms in total. The van der Waals surface area contributed by atoms with Gasteiger partial charge in [0.2, 0.25) is 0 Å². The van der Waals surface area contributed by atoms with Crippen LogP contribution in [0, 0.1) is 0 Å². The molecule has 0 fully saturated rings. The predicted octanol–water partition coefficient (Wildman–Crippen LogP) is 1.98. The number of nitrogens with two attached hydrogens (primary N) is 1. The van der Waals surface area contributed by atoms with Gasteiger partial charge in [0, 0.05) is 17.3 Å². The average Bonchev–Trinajstić information content (AvgIpc) is 2.96. The Kier molecular flexibility index (Phi) is 3.51. The van der Waals surface area contributed by atoms with Crippen molar-refractivity contribution >= 4 is 5.69 Å². The Labute approximate surface area is 122 Å². The van der Waals surface area contributed by atoms with Crippen molar-refractivity contribution in [2.24, 2.45) is 0 Å². The third-order valence-electron chi connectivity index (χ3n) is 3.13. The lowest BCUT2D eigenvalue weighted by Crippen LogP contribution is -2.04. The molecule has 0 aliphatic rings. The minimum absolute atomic E-state index is 0.598. The summed E-state index contributed by atoms with van der Waals surface area (Å²) in [6.07, 6.45) is 0.